The summed E-state index contributed by atoms with van der Waals surface area (Å²) in [7, 11) is 0. The summed E-state index contributed by atoms with van der Waals surface area (Å²) in [5, 5.41) is 2.18. The largest absolute Gasteiger partial charge is 0.294 e. The smallest absolute Gasteiger partial charge is 0.0936 e. The van der Waals surface area contributed by atoms with Crippen molar-refractivity contribution in [3.05, 3.63) is 35.9 Å². The maximum atomic E-state index is 6.05. The molecule has 0 aliphatic carbocycles. The molecule has 2 rings (SSSR count). The summed E-state index contributed by atoms with van der Waals surface area (Å²) < 4.78 is 0. The molecule has 1 aliphatic heterocycles. The molecule has 1 heterocycles. The molecular formula is C16H25NO. The molecule has 1 aliphatic rings. The van der Waals surface area contributed by atoms with Gasteiger partial charge in [-0.1, -0.05) is 44.2 Å². The highest BCUT2D eigenvalue weighted by Gasteiger charge is 2.45. The minimum Gasteiger partial charge on any atom is -0.294 e. The van der Waals surface area contributed by atoms with Crippen LogP contribution in [-0.2, 0) is 11.4 Å². The van der Waals surface area contributed by atoms with Crippen molar-refractivity contribution in [3.63, 3.8) is 0 Å². The fraction of sp³-hybridized carbons (Fsp3) is 0.625. The minimum atomic E-state index is 0.0834. The molecule has 0 saturated carbocycles. The van der Waals surface area contributed by atoms with Crippen molar-refractivity contribution >= 4 is 0 Å². The number of hydrogen-bond donors (Lipinski definition) is 0. The zero-order valence-electron chi connectivity index (χ0n) is 12.1. The fourth-order valence-electron chi connectivity index (χ4n) is 2.54. The molecule has 0 bridgehead atoms. The zero-order chi connectivity index (χ0) is 13.2. The molecule has 2 heteroatoms. The minimum absolute atomic E-state index is 0.0834. The van der Waals surface area contributed by atoms with E-state index in [0.717, 1.165) is 6.54 Å². The van der Waals surface area contributed by atoms with E-state index in [-0.39, 0.29) is 5.54 Å². The van der Waals surface area contributed by atoms with Crippen molar-refractivity contribution in [2.45, 2.75) is 52.7 Å². The van der Waals surface area contributed by atoms with E-state index in [0.29, 0.717) is 12.0 Å². The van der Waals surface area contributed by atoms with Gasteiger partial charge in [-0.2, -0.15) is 5.06 Å². The van der Waals surface area contributed by atoms with E-state index in [9.17, 15) is 0 Å². The first kappa shape index (κ1) is 13.6. The topological polar surface area (TPSA) is 12.5 Å². The molecule has 1 fully saturated rings. The van der Waals surface area contributed by atoms with Crippen molar-refractivity contribution in [3.8, 4) is 0 Å². The average molecular weight is 247 g/mol. The Balaban J connectivity index is 2.01. The van der Waals surface area contributed by atoms with Crippen LogP contribution >= 0.6 is 0 Å². The lowest BCUT2D eigenvalue weighted by Crippen LogP contribution is -2.57. The lowest BCUT2D eigenvalue weighted by molar-refractivity contribution is -0.265. The highest BCUT2D eigenvalue weighted by atomic mass is 16.7. The summed E-state index contributed by atoms with van der Waals surface area (Å²) in [5.41, 5.74) is 1.61. The van der Waals surface area contributed by atoms with Crippen LogP contribution in [0, 0.1) is 5.41 Å². The zero-order valence-corrected chi connectivity index (χ0v) is 12.1. The molecule has 0 atom stereocenters. The van der Waals surface area contributed by atoms with Crippen molar-refractivity contribution in [2.24, 2.45) is 5.41 Å². The van der Waals surface area contributed by atoms with E-state index in [1.54, 1.807) is 0 Å². The normalized spacial score (nSPS) is 22.9. The Hall–Kier alpha value is -0.860. The van der Waals surface area contributed by atoms with Crippen LogP contribution in [0.3, 0.4) is 0 Å². The Kier molecular flexibility index (Phi) is 3.79. The second-order valence-electron chi connectivity index (χ2n) is 6.41. The lowest BCUT2D eigenvalue weighted by Gasteiger charge is -2.52. The van der Waals surface area contributed by atoms with Gasteiger partial charge in [-0.3, -0.25) is 4.84 Å². The molecule has 0 aromatic heterocycles. The number of hydroxylamine groups is 2. The van der Waals surface area contributed by atoms with E-state index in [1.807, 2.05) is 6.07 Å². The van der Waals surface area contributed by atoms with Gasteiger partial charge in [0.15, 0.2) is 0 Å². The van der Waals surface area contributed by atoms with Gasteiger partial charge in [0.25, 0.3) is 0 Å². The molecular weight excluding hydrogens is 222 g/mol. The van der Waals surface area contributed by atoms with Crippen LogP contribution in [-0.4, -0.2) is 17.1 Å². The first-order chi connectivity index (χ1) is 8.43. The quantitative estimate of drug-likeness (QED) is 0.800. The Labute approximate surface area is 111 Å². The molecule has 2 nitrogen and oxygen atoms in total. The number of hydrogen-bond acceptors (Lipinski definition) is 2. The van der Waals surface area contributed by atoms with Crippen molar-refractivity contribution in [1.82, 2.24) is 5.06 Å². The number of nitrogens with zero attached hydrogens (tertiary/aromatic N) is 1. The first-order valence-corrected chi connectivity index (χ1v) is 6.88. The van der Waals surface area contributed by atoms with Crippen LogP contribution in [0.5, 0.6) is 0 Å². The average Bonchev–Trinajstić information content (AvgIpc) is 2.32. The monoisotopic (exact) mass is 247 g/mol. The van der Waals surface area contributed by atoms with Gasteiger partial charge in [-0.05, 0) is 37.7 Å². The van der Waals surface area contributed by atoms with Gasteiger partial charge in [-0.25, -0.2) is 0 Å². The number of rotatable bonds is 3. The Morgan fingerprint density at radius 2 is 1.78 bits per heavy atom. The van der Waals surface area contributed by atoms with Gasteiger partial charge in [0, 0.05) is 12.1 Å². The maximum absolute atomic E-state index is 6.05. The fourth-order valence-corrected chi connectivity index (χ4v) is 2.54. The van der Waals surface area contributed by atoms with Crippen LogP contribution in [0.15, 0.2) is 30.3 Å². The maximum Gasteiger partial charge on any atom is 0.0936 e. The highest BCUT2D eigenvalue weighted by Crippen LogP contribution is 2.43. The summed E-state index contributed by atoms with van der Waals surface area (Å²) in [4.78, 5) is 6.05. The van der Waals surface area contributed by atoms with Crippen LogP contribution in [0.4, 0.5) is 0 Å². The third kappa shape index (κ3) is 2.60. The molecule has 0 unspecified atom stereocenters. The summed E-state index contributed by atoms with van der Waals surface area (Å²) >= 11 is 0. The van der Waals surface area contributed by atoms with Crippen LogP contribution in [0.25, 0.3) is 0 Å². The number of benzene rings is 1. The van der Waals surface area contributed by atoms with Crippen LogP contribution in [0.2, 0.25) is 0 Å². The molecule has 0 radical (unpaired) electrons. The number of piperidine rings is 1. The summed E-state index contributed by atoms with van der Waals surface area (Å²) in [5.74, 6) is 0. The second-order valence-corrected chi connectivity index (χ2v) is 6.41. The van der Waals surface area contributed by atoms with Crippen LogP contribution < -0.4 is 0 Å². The third-order valence-corrected chi connectivity index (χ3v) is 4.67. The van der Waals surface area contributed by atoms with Gasteiger partial charge in [-0.15, -0.1) is 0 Å². The Bertz CT molecular complexity index is 383. The summed E-state index contributed by atoms with van der Waals surface area (Å²) in [6.45, 7) is 11.0. The summed E-state index contributed by atoms with van der Waals surface area (Å²) in [6, 6.07) is 10.4. The van der Waals surface area contributed by atoms with E-state index >= 15 is 0 Å². The molecule has 1 saturated heterocycles. The van der Waals surface area contributed by atoms with E-state index in [4.69, 9.17) is 4.84 Å². The summed E-state index contributed by atoms with van der Waals surface area (Å²) in [6.07, 6.45) is 2.48. The SMILES string of the molecule is CC1(C)CCCN(OCc2ccccc2)C1(C)C. The van der Waals surface area contributed by atoms with E-state index in [1.165, 1.54) is 18.4 Å². The molecule has 0 amide bonds. The van der Waals surface area contributed by atoms with Gasteiger partial charge in [0.2, 0.25) is 0 Å². The van der Waals surface area contributed by atoms with Gasteiger partial charge >= 0.3 is 0 Å². The van der Waals surface area contributed by atoms with Crippen molar-refractivity contribution in [2.75, 3.05) is 6.54 Å². The Morgan fingerprint density at radius 3 is 2.44 bits per heavy atom. The predicted octanol–water partition coefficient (Wildman–Crippen LogP) is 4.02. The van der Waals surface area contributed by atoms with Gasteiger partial charge in [0.05, 0.1) is 6.61 Å². The standard InChI is InChI=1S/C16H25NO/c1-15(2)11-8-12-17(16(15,3)4)18-13-14-9-6-5-7-10-14/h5-7,9-10H,8,11-13H2,1-4H3. The first-order valence-electron chi connectivity index (χ1n) is 6.88. The third-order valence-electron chi connectivity index (χ3n) is 4.67. The van der Waals surface area contributed by atoms with Crippen LogP contribution in [0.1, 0.15) is 46.1 Å². The molecule has 100 valence electrons. The predicted molar refractivity (Wildman–Crippen MR) is 75.0 cm³/mol. The van der Waals surface area contributed by atoms with Crippen molar-refractivity contribution < 1.29 is 4.84 Å². The molecule has 1 aromatic carbocycles. The van der Waals surface area contributed by atoms with Gasteiger partial charge < -0.3 is 0 Å². The molecule has 18 heavy (non-hydrogen) atoms. The van der Waals surface area contributed by atoms with E-state index in [2.05, 4.69) is 57.0 Å². The molecule has 1 aromatic rings. The molecule has 0 spiro atoms. The van der Waals surface area contributed by atoms with Crippen molar-refractivity contribution in [1.29, 1.82) is 0 Å². The Morgan fingerprint density at radius 1 is 1.11 bits per heavy atom. The lowest BCUT2D eigenvalue weighted by atomic mass is 9.69. The molecule has 0 N–H and O–H groups in total. The van der Waals surface area contributed by atoms with E-state index < -0.39 is 0 Å². The second kappa shape index (κ2) is 5.02. The highest BCUT2D eigenvalue weighted by molar-refractivity contribution is 5.13. The van der Waals surface area contributed by atoms with Gasteiger partial charge in [0.1, 0.15) is 0 Å².